The smallest absolute Gasteiger partial charge is 0.219 e. The van der Waals surface area contributed by atoms with Crippen molar-refractivity contribution in [3.8, 4) is 0 Å². The Morgan fingerprint density at radius 3 is 2.30 bits per heavy atom. The molecule has 1 heterocycles. The Balaban J connectivity index is 2.26. The van der Waals surface area contributed by atoms with Gasteiger partial charge in [-0.3, -0.25) is 0 Å². The highest BCUT2D eigenvalue weighted by molar-refractivity contribution is 7.90. The third kappa shape index (κ3) is 3.52. The van der Waals surface area contributed by atoms with Crippen LogP contribution in [0.4, 0.5) is 0 Å². The van der Waals surface area contributed by atoms with Crippen molar-refractivity contribution < 1.29 is 13.5 Å². The van der Waals surface area contributed by atoms with Gasteiger partial charge in [0.1, 0.15) is 0 Å². The molecule has 0 aliphatic carbocycles. The SMILES string of the molecule is C=CC1CN(S(=O)(=O)C(C)(C)C)CC1C(O)c1ccc(C)cc1. The fraction of sp³-hybridized carbons (Fsp3) is 0.556. The van der Waals surface area contributed by atoms with E-state index in [9.17, 15) is 13.5 Å². The van der Waals surface area contributed by atoms with Crippen LogP contribution in [-0.2, 0) is 10.0 Å². The summed E-state index contributed by atoms with van der Waals surface area (Å²) in [5.41, 5.74) is 1.95. The molecule has 4 nitrogen and oxygen atoms in total. The average Bonchev–Trinajstić information content (AvgIpc) is 2.91. The molecule has 23 heavy (non-hydrogen) atoms. The quantitative estimate of drug-likeness (QED) is 0.860. The van der Waals surface area contributed by atoms with E-state index in [0.717, 1.165) is 11.1 Å². The Hall–Kier alpha value is -1.17. The molecule has 5 heteroatoms. The minimum absolute atomic E-state index is 0.0524. The molecular weight excluding hydrogens is 310 g/mol. The van der Waals surface area contributed by atoms with E-state index in [1.165, 1.54) is 4.31 Å². The topological polar surface area (TPSA) is 57.6 Å². The number of aliphatic hydroxyl groups excluding tert-OH is 1. The number of hydrogen-bond donors (Lipinski definition) is 1. The summed E-state index contributed by atoms with van der Waals surface area (Å²) in [5, 5.41) is 10.7. The molecule has 0 amide bonds. The molecule has 1 fully saturated rings. The van der Waals surface area contributed by atoms with Crippen molar-refractivity contribution in [3.05, 3.63) is 48.0 Å². The molecule has 0 radical (unpaired) electrons. The van der Waals surface area contributed by atoms with Crippen LogP contribution < -0.4 is 0 Å². The summed E-state index contributed by atoms with van der Waals surface area (Å²) >= 11 is 0. The molecule has 1 aromatic carbocycles. The highest BCUT2D eigenvalue weighted by atomic mass is 32.2. The van der Waals surface area contributed by atoms with E-state index < -0.39 is 20.9 Å². The first-order valence-electron chi connectivity index (χ1n) is 7.95. The van der Waals surface area contributed by atoms with E-state index in [1.54, 1.807) is 26.8 Å². The van der Waals surface area contributed by atoms with Gasteiger partial charge >= 0.3 is 0 Å². The van der Waals surface area contributed by atoms with Gasteiger partial charge in [-0.1, -0.05) is 35.9 Å². The number of sulfonamides is 1. The highest BCUT2D eigenvalue weighted by Gasteiger charge is 2.44. The maximum Gasteiger partial charge on any atom is 0.219 e. The third-order valence-corrected chi connectivity index (χ3v) is 7.15. The molecule has 128 valence electrons. The molecule has 3 atom stereocenters. The molecule has 1 N–H and O–H groups in total. The molecule has 1 aliphatic heterocycles. The van der Waals surface area contributed by atoms with Crippen LogP contribution in [0.2, 0.25) is 0 Å². The normalized spacial score (nSPS) is 24.6. The second-order valence-corrected chi connectivity index (χ2v) is 10.0. The predicted octanol–water partition coefficient (Wildman–Crippen LogP) is 2.89. The summed E-state index contributed by atoms with van der Waals surface area (Å²) in [6, 6.07) is 7.72. The van der Waals surface area contributed by atoms with Crippen molar-refractivity contribution in [3.63, 3.8) is 0 Å². The lowest BCUT2D eigenvalue weighted by atomic mass is 9.87. The van der Waals surface area contributed by atoms with Gasteiger partial charge in [-0.2, -0.15) is 0 Å². The van der Waals surface area contributed by atoms with Gasteiger partial charge in [-0.05, 0) is 39.2 Å². The van der Waals surface area contributed by atoms with Crippen molar-refractivity contribution in [1.29, 1.82) is 0 Å². The molecule has 3 unspecified atom stereocenters. The fourth-order valence-corrected chi connectivity index (χ4v) is 4.50. The van der Waals surface area contributed by atoms with E-state index in [4.69, 9.17) is 0 Å². The van der Waals surface area contributed by atoms with Gasteiger partial charge in [0.25, 0.3) is 0 Å². The Morgan fingerprint density at radius 1 is 1.26 bits per heavy atom. The fourth-order valence-electron chi connectivity index (χ4n) is 2.99. The molecule has 0 saturated carbocycles. The zero-order valence-corrected chi connectivity index (χ0v) is 15.2. The van der Waals surface area contributed by atoms with Crippen LogP contribution in [0, 0.1) is 18.8 Å². The number of aryl methyl sites for hydroxylation is 1. The van der Waals surface area contributed by atoms with Crippen molar-refractivity contribution >= 4 is 10.0 Å². The lowest BCUT2D eigenvalue weighted by Gasteiger charge is -2.27. The van der Waals surface area contributed by atoms with E-state index in [0.29, 0.717) is 13.1 Å². The molecule has 0 spiro atoms. The van der Waals surface area contributed by atoms with Crippen LogP contribution in [0.15, 0.2) is 36.9 Å². The maximum atomic E-state index is 12.7. The zero-order valence-electron chi connectivity index (χ0n) is 14.4. The molecule has 0 bridgehead atoms. The summed E-state index contributed by atoms with van der Waals surface area (Å²) in [6.45, 7) is 11.6. The van der Waals surface area contributed by atoms with Crippen LogP contribution in [0.3, 0.4) is 0 Å². The van der Waals surface area contributed by atoms with E-state index in [-0.39, 0.29) is 11.8 Å². The standard InChI is InChI=1S/C18H27NO3S/c1-6-14-11-19(23(21,22)18(3,4)5)12-16(14)17(20)15-9-7-13(2)8-10-15/h6-10,14,16-17,20H,1,11-12H2,2-5H3. The van der Waals surface area contributed by atoms with Gasteiger partial charge in [-0.15, -0.1) is 6.58 Å². The first-order valence-corrected chi connectivity index (χ1v) is 9.39. The van der Waals surface area contributed by atoms with E-state index >= 15 is 0 Å². The van der Waals surface area contributed by atoms with Crippen LogP contribution in [0.25, 0.3) is 0 Å². The number of benzene rings is 1. The van der Waals surface area contributed by atoms with Crippen molar-refractivity contribution in [1.82, 2.24) is 4.31 Å². The lowest BCUT2D eigenvalue weighted by Crippen LogP contribution is -2.42. The molecular formula is C18H27NO3S. The van der Waals surface area contributed by atoms with Gasteiger partial charge < -0.3 is 5.11 Å². The van der Waals surface area contributed by atoms with Gasteiger partial charge in [0.2, 0.25) is 10.0 Å². The largest absolute Gasteiger partial charge is 0.388 e. The predicted molar refractivity (Wildman–Crippen MR) is 93.6 cm³/mol. The number of rotatable bonds is 4. The Kier molecular flexibility index (Phi) is 5.04. The van der Waals surface area contributed by atoms with Gasteiger partial charge in [-0.25, -0.2) is 12.7 Å². The average molecular weight is 337 g/mol. The van der Waals surface area contributed by atoms with Crippen LogP contribution >= 0.6 is 0 Å². The van der Waals surface area contributed by atoms with Crippen LogP contribution in [0.1, 0.15) is 38.0 Å². The van der Waals surface area contributed by atoms with Gasteiger partial charge in [0.05, 0.1) is 10.9 Å². The summed E-state index contributed by atoms with van der Waals surface area (Å²) in [5.74, 6) is -0.226. The number of aliphatic hydroxyl groups is 1. The van der Waals surface area contributed by atoms with E-state index in [2.05, 4.69) is 6.58 Å². The van der Waals surface area contributed by atoms with E-state index in [1.807, 2.05) is 31.2 Å². The Morgan fingerprint density at radius 2 is 1.83 bits per heavy atom. The maximum absolute atomic E-state index is 12.7. The van der Waals surface area contributed by atoms with Gasteiger partial charge in [0.15, 0.2) is 0 Å². The van der Waals surface area contributed by atoms with Crippen molar-refractivity contribution in [2.75, 3.05) is 13.1 Å². The molecule has 1 saturated heterocycles. The number of hydrogen-bond acceptors (Lipinski definition) is 3. The molecule has 2 rings (SSSR count). The molecule has 1 aliphatic rings. The summed E-state index contributed by atoms with van der Waals surface area (Å²) in [7, 11) is -3.40. The summed E-state index contributed by atoms with van der Waals surface area (Å²) < 4.78 is 26.0. The minimum atomic E-state index is -3.40. The Labute approximate surface area is 139 Å². The molecule has 1 aromatic rings. The summed E-state index contributed by atoms with van der Waals surface area (Å²) in [6.07, 6.45) is 1.07. The highest BCUT2D eigenvalue weighted by Crippen LogP contribution is 2.38. The summed E-state index contributed by atoms with van der Waals surface area (Å²) in [4.78, 5) is 0. The second-order valence-electron chi connectivity index (χ2n) is 7.35. The monoisotopic (exact) mass is 337 g/mol. The number of nitrogens with zero attached hydrogens (tertiary/aromatic N) is 1. The molecule has 0 aromatic heterocycles. The first kappa shape index (κ1) is 18.2. The van der Waals surface area contributed by atoms with Crippen molar-refractivity contribution in [2.45, 2.75) is 38.5 Å². The van der Waals surface area contributed by atoms with Crippen LogP contribution in [0.5, 0.6) is 0 Å². The van der Waals surface area contributed by atoms with Crippen molar-refractivity contribution in [2.24, 2.45) is 11.8 Å². The first-order chi connectivity index (χ1) is 10.6. The lowest BCUT2D eigenvalue weighted by molar-refractivity contribution is 0.102. The Bertz CT molecular complexity index is 659. The van der Waals surface area contributed by atoms with Crippen LogP contribution in [-0.4, -0.2) is 35.7 Å². The van der Waals surface area contributed by atoms with Gasteiger partial charge in [0, 0.05) is 19.0 Å². The zero-order chi connectivity index (χ0) is 17.4. The minimum Gasteiger partial charge on any atom is -0.388 e. The second kappa shape index (κ2) is 6.38. The third-order valence-electron chi connectivity index (χ3n) is 4.62.